The van der Waals surface area contributed by atoms with Crippen molar-refractivity contribution in [3.63, 3.8) is 0 Å². The molecule has 0 fully saturated rings. The molecule has 5 rings (SSSR count). The number of hydrogen-bond acceptors (Lipinski definition) is 4. The highest BCUT2D eigenvalue weighted by atomic mass is 32.2. The molecule has 1 unspecified atom stereocenters. The molecule has 172 valence electrons. The van der Waals surface area contributed by atoms with E-state index in [4.69, 9.17) is 4.42 Å². The molecule has 1 aliphatic heterocycles. The van der Waals surface area contributed by atoms with Gasteiger partial charge in [-0.1, -0.05) is 12.1 Å². The zero-order valence-electron chi connectivity index (χ0n) is 17.4. The Morgan fingerprint density at radius 2 is 1.85 bits per heavy atom. The maximum Gasteiger partial charge on any atom is 0.446 e. The third-order valence-corrected chi connectivity index (χ3v) is 6.10. The van der Waals surface area contributed by atoms with Gasteiger partial charge in [0.1, 0.15) is 17.2 Å². The van der Waals surface area contributed by atoms with Gasteiger partial charge < -0.3 is 4.42 Å². The van der Waals surface area contributed by atoms with E-state index in [0.29, 0.717) is 35.2 Å². The fraction of sp³-hybridized carbons (Fsp3) is 0.160. The SMILES string of the molecule is Fc1cccc(F)c1C1=NC(C2=CC=C=C(c3nc4cc(SC(F)(F)F)ccc4o3)C=C2)CC1. The predicted molar refractivity (Wildman–Crippen MR) is 121 cm³/mol. The fourth-order valence-corrected chi connectivity index (χ4v) is 4.45. The summed E-state index contributed by atoms with van der Waals surface area (Å²) in [5.41, 5.74) is 0.959. The van der Waals surface area contributed by atoms with Crippen molar-refractivity contribution in [2.24, 2.45) is 4.99 Å². The minimum atomic E-state index is -4.39. The minimum absolute atomic E-state index is 0.0194. The zero-order valence-corrected chi connectivity index (χ0v) is 18.2. The van der Waals surface area contributed by atoms with E-state index in [9.17, 15) is 22.0 Å². The van der Waals surface area contributed by atoms with Gasteiger partial charge in [0.15, 0.2) is 5.58 Å². The number of benzene rings is 2. The average molecular weight is 486 g/mol. The smallest absolute Gasteiger partial charge is 0.435 e. The highest BCUT2D eigenvalue weighted by Gasteiger charge is 2.29. The Labute approximate surface area is 195 Å². The summed E-state index contributed by atoms with van der Waals surface area (Å²) >= 11 is -0.214. The van der Waals surface area contributed by atoms with Crippen LogP contribution in [0, 0.1) is 11.6 Å². The molecule has 34 heavy (non-hydrogen) atoms. The minimum Gasteiger partial charge on any atom is -0.435 e. The van der Waals surface area contributed by atoms with E-state index in [1.165, 1.54) is 36.4 Å². The summed E-state index contributed by atoms with van der Waals surface area (Å²) in [6.07, 6.45) is 8.05. The van der Waals surface area contributed by atoms with Gasteiger partial charge in [-0.15, -0.1) is 5.73 Å². The van der Waals surface area contributed by atoms with Crippen molar-refractivity contribution in [3.05, 3.63) is 95.1 Å². The van der Waals surface area contributed by atoms with Crippen molar-refractivity contribution in [3.8, 4) is 0 Å². The van der Waals surface area contributed by atoms with Crippen LogP contribution in [0.3, 0.4) is 0 Å². The standard InChI is InChI=1S/C25H15F5N2OS/c26-17-5-2-6-18(27)23(17)20-11-10-19(31-20)14-3-1-4-15(8-7-14)24-32-21-13-16(34-25(28,29)30)9-12-22(21)33-24/h1-3,5-9,12-13,19H,10-11H2. The van der Waals surface area contributed by atoms with Gasteiger partial charge >= 0.3 is 5.51 Å². The Bertz CT molecular complexity index is 1420. The lowest BCUT2D eigenvalue weighted by Gasteiger charge is -2.07. The summed E-state index contributed by atoms with van der Waals surface area (Å²) in [5.74, 6) is -1.06. The monoisotopic (exact) mass is 486 g/mol. The van der Waals surface area contributed by atoms with Crippen LogP contribution in [0.1, 0.15) is 24.3 Å². The summed E-state index contributed by atoms with van der Waals surface area (Å²) < 4.78 is 71.9. The van der Waals surface area contributed by atoms with Gasteiger partial charge in [-0.05, 0) is 78.7 Å². The number of alkyl halides is 3. The number of aliphatic imine (C=N–C) groups is 1. The van der Waals surface area contributed by atoms with E-state index in [0.717, 1.165) is 5.57 Å². The molecule has 0 N–H and O–H groups in total. The number of thioether (sulfide) groups is 1. The zero-order chi connectivity index (χ0) is 23.9. The lowest BCUT2D eigenvalue weighted by Crippen LogP contribution is -2.04. The first-order valence-corrected chi connectivity index (χ1v) is 11.1. The predicted octanol–water partition coefficient (Wildman–Crippen LogP) is 7.40. The molecule has 2 aromatic carbocycles. The molecule has 2 aliphatic rings. The molecule has 1 aliphatic carbocycles. The van der Waals surface area contributed by atoms with Crippen LogP contribution in [0.2, 0.25) is 0 Å². The first-order chi connectivity index (χ1) is 16.3. The maximum atomic E-state index is 14.1. The normalized spacial score (nSPS) is 18.1. The van der Waals surface area contributed by atoms with Crippen molar-refractivity contribution in [2.75, 3.05) is 0 Å². The Morgan fingerprint density at radius 3 is 2.62 bits per heavy atom. The van der Waals surface area contributed by atoms with Crippen molar-refractivity contribution in [1.29, 1.82) is 0 Å². The van der Waals surface area contributed by atoms with E-state index in [1.54, 1.807) is 24.3 Å². The second-order valence-electron chi connectivity index (χ2n) is 7.65. The van der Waals surface area contributed by atoms with Crippen LogP contribution in [0.25, 0.3) is 16.7 Å². The summed E-state index contributed by atoms with van der Waals surface area (Å²) in [6, 6.07) is 7.57. The highest BCUT2D eigenvalue weighted by Crippen LogP contribution is 2.38. The lowest BCUT2D eigenvalue weighted by molar-refractivity contribution is -0.0328. The number of rotatable bonds is 4. The molecule has 0 bridgehead atoms. The van der Waals surface area contributed by atoms with Gasteiger partial charge in [0.05, 0.1) is 17.2 Å². The second-order valence-corrected chi connectivity index (χ2v) is 8.79. The third-order valence-electron chi connectivity index (χ3n) is 5.38. The largest absolute Gasteiger partial charge is 0.446 e. The molecule has 3 aromatic rings. The quantitative estimate of drug-likeness (QED) is 0.219. The van der Waals surface area contributed by atoms with E-state index < -0.39 is 17.1 Å². The average Bonchev–Trinajstić information content (AvgIpc) is 3.33. The highest BCUT2D eigenvalue weighted by molar-refractivity contribution is 8.00. The molecule has 0 saturated heterocycles. The number of fused-ring (bicyclic) bond motifs is 1. The van der Waals surface area contributed by atoms with Crippen LogP contribution in [-0.2, 0) is 0 Å². The number of hydrogen-bond donors (Lipinski definition) is 0. The van der Waals surface area contributed by atoms with Gasteiger partial charge in [-0.25, -0.2) is 13.8 Å². The molecule has 0 amide bonds. The molecule has 1 aromatic heterocycles. The van der Waals surface area contributed by atoms with Crippen LogP contribution in [0.4, 0.5) is 22.0 Å². The summed E-state index contributed by atoms with van der Waals surface area (Å²) in [4.78, 5) is 8.87. The number of allylic oxidation sites excluding steroid dienone is 3. The lowest BCUT2D eigenvalue weighted by atomic mass is 10.0. The van der Waals surface area contributed by atoms with Gasteiger partial charge in [-0.3, -0.25) is 4.99 Å². The van der Waals surface area contributed by atoms with Crippen LogP contribution < -0.4 is 0 Å². The van der Waals surface area contributed by atoms with Crippen molar-refractivity contribution >= 4 is 34.1 Å². The molecule has 3 nitrogen and oxygen atoms in total. The summed E-state index contributed by atoms with van der Waals surface area (Å²) in [6.45, 7) is 0. The number of aromatic nitrogens is 1. The molecule has 0 spiro atoms. The van der Waals surface area contributed by atoms with Crippen LogP contribution in [0.5, 0.6) is 0 Å². The van der Waals surface area contributed by atoms with E-state index >= 15 is 0 Å². The summed E-state index contributed by atoms with van der Waals surface area (Å²) in [5, 5.41) is 0. The van der Waals surface area contributed by atoms with Gasteiger partial charge in [0, 0.05) is 10.6 Å². The Hall–Kier alpha value is -3.42. The van der Waals surface area contributed by atoms with Crippen molar-refractivity contribution in [1.82, 2.24) is 4.98 Å². The molecular formula is C25H15F5N2OS. The van der Waals surface area contributed by atoms with Crippen LogP contribution in [0.15, 0.2) is 86.3 Å². The Morgan fingerprint density at radius 1 is 1.06 bits per heavy atom. The number of oxazole rings is 1. The second kappa shape index (κ2) is 8.74. The van der Waals surface area contributed by atoms with Crippen LogP contribution in [-0.4, -0.2) is 22.2 Å². The Balaban J connectivity index is 1.36. The van der Waals surface area contributed by atoms with Gasteiger partial charge in [0.2, 0.25) is 5.89 Å². The van der Waals surface area contributed by atoms with Gasteiger partial charge in [-0.2, -0.15) is 13.2 Å². The number of halogens is 5. The van der Waals surface area contributed by atoms with E-state index in [-0.39, 0.29) is 34.2 Å². The first kappa shape index (κ1) is 22.4. The third kappa shape index (κ3) is 4.62. The van der Waals surface area contributed by atoms with E-state index in [1.807, 2.05) is 0 Å². The van der Waals surface area contributed by atoms with Crippen LogP contribution >= 0.6 is 11.8 Å². The van der Waals surface area contributed by atoms with Crippen molar-refractivity contribution in [2.45, 2.75) is 29.3 Å². The number of nitrogens with zero attached hydrogens (tertiary/aromatic N) is 2. The molecule has 9 heteroatoms. The van der Waals surface area contributed by atoms with Gasteiger partial charge in [0.25, 0.3) is 0 Å². The maximum absolute atomic E-state index is 14.1. The fourth-order valence-electron chi connectivity index (χ4n) is 3.88. The molecular weight excluding hydrogens is 471 g/mol. The summed E-state index contributed by atoms with van der Waals surface area (Å²) in [7, 11) is 0. The molecule has 1 atom stereocenters. The van der Waals surface area contributed by atoms with Crippen molar-refractivity contribution < 1.29 is 26.4 Å². The Kier molecular flexibility index (Phi) is 5.75. The molecule has 2 heterocycles. The first-order valence-electron chi connectivity index (χ1n) is 10.3. The molecule has 0 radical (unpaired) electrons. The molecule has 0 saturated carbocycles. The topological polar surface area (TPSA) is 38.4 Å². The van der Waals surface area contributed by atoms with E-state index in [2.05, 4.69) is 15.7 Å².